The number of benzene rings is 2. The second-order valence-corrected chi connectivity index (χ2v) is 4.32. The van der Waals surface area contributed by atoms with Gasteiger partial charge in [0.1, 0.15) is 0 Å². The van der Waals surface area contributed by atoms with Crippen LogP contribution in [0.4, 0.5) is 0 Å². The number of rotatable bonds is 6. The summed E-state index contributed by atoms with van der Waals surface area (Å²) in [6.07, 6.45) is 1.82. The van der Waals surface area contributed by atoms with E-state index in [0.29, 0.717) is 19.6 Å². The molecule has 0 aliphatic carbocycles. The van der Waals surface area contributed by atoms with Gasteiger partial charge in [0.15, 0.2) is 0 Å². The summed E-state index contributed by atoms with van der Waals surface area (Å²) in [4.78, 5) is 0. The van der Waals surface area contributed by atoms with Crippen molar-refractivity contribution in [2.45, 2.75) is 12.5 Å². The molecule has 0 saturated carbocycles. The fourth-order valence-electron chi connectivity index (χ4n) is 2.07. The largest absolute Gasteiger partial charge is 0.390 e. The number of hydrogen-bond donors (Lipinski definition) is 1. The summed E-state index contributed by atoms with van der Waals surface area (Å²) in [5, 5.41) is 12.3. The molecule has 2 heteroatoms. The van der Waals surface area contributed by atoms with E-state index in [1.54, 1.807) is 6.08 Å². The van der Waals surface area contributed by atoms with Crippen LogP contribution < -0.4 is 0 Å². The highest BCUT2D eigenvalue weighted by Gasteiger charge is 2.08. The van der Waals surface area contributed by atoms with E-state index >= 15 is 0 Å². The average Bonchev–Trinajstić information content (AvgIpc) is 2.39. The van der Waals surface area contributed by atoms with Crippen molar-refractivity contribution in [1.82, 2.24) is 0 Å². The van der Waals surface area contributed by atoms with E-state index < -0.39 is 6.10 Å². The minimum atomic E-state index is -0.476. The highest BCUT2D eigenvalue weighted by atomic mass is 16.5. The second-order valence-electron chi connectivity index (χ2n) is 4.32. The molecule has 0 amide bonds. The van der Waals surface area contributed by atoms with Crippen LogP contribution in [0.2, 0.25) is 0 Å². The van der Waals surface area contributed by atoms with Gasteiger partial charge in [0.2, 0.25) is 0 Å². The fraction of sp³-hybridized carbons (Fsp3) is 0.250. The first-order valence-corrected chi connectivity index (χ1v) is 6.14. The lowest BCUT2D eigenvalue weighted by molar-refractivity contribution is 0.0499. The third-order valence-corrected chi connectivity index (χ3v) is 2.88. The molecule has 94 valence electrons. The first-order valence-electron chi connectivity index (χ1n) is 6.14. The molecule has 0 heterocycles. The Morgan fingerprint density at radius 3 is 2.78 bits per heavy atom. The van der Waals surface area contributed by atoms with Gasteiger partial charge in [-0.3, -0.25) is 0 Å². The summed E-state index contributed by atoms with van der Waals surface area (Å²) in [7, 11) is 0. The zero-order chi connectivity index (χ0) is 12.8. The Hall–Kier alpha value is -1.64. The molecule has 1 unspecified atom stereocenters. The Morgan fingerprint density at radius 1 is 1.17 bits per heavy atom. The van der Waals surface area contributed by atoms with Gasteiger partial charge in [-0.05, 0) is 16.3 Å². The third-order valence-electron chi connectivity index (χ3n) is 2.88. The van der Waals surface area contributed by atoms with Crippen molar-refractivity contribution < 1.29 is 9.84 Å². The Bertz CT molecular complexity index is 514. The number of ether oxygens (including phenoxy) is 1. The standard InChI is InChI=1S/C16H18O2/c1-2-10-18-12-15(17)11-14-8-5-7-13-6-3-4-9-16(13)14/h2-9,15,17H,1,10-12H2. The van der Waals surface area contributed by atoms with Gasteiger partial charge in [-0.2, -0.15) is 0 Å². The number of aliphatic hydroxyl groups excluding tert-OH is 1. The van der Waals surface area contributed by atoms with Crippen molar-refractivity contribution >= 4 is 10.8 Å². The van der Waals surface area contributed by atoms with Crippen molar-refractivity contribution in [3.8, 4) is 0 Å². The molecule has 2 aromatic carbocycles. The van der Waals surface area contributed by atoms with Crippen LogP contribution in [0.25, 0.3) is 10.8 Å². The Labute approximate surface area is 108 Å². The minimum absolute atomic E-state index is 0.343. The van der Waals surface area contributed by atoms with Crippen molar-refractivity contribution in [2.75, 3.05) is 13.2 Å². The molecule has 18 heavy (non-hydrogen) atoms. The summed E-state index contributed by atoms with van der Waals surface area (Å²) in [5.74, 6) is 0. The maximum absolute atomic E-state index is 9.93. The van der Waals surface area contributed by atoms with Crippen molar-refractivity contribution in [3.05, 3.63) is 60.7 Å². The van der Waals surface area contributed by atoms with Crippen LogP contribution in [-0.2, 0) is 11.2 Å². The molecular weight excluding hydrogens is 224 g/mol. The Morgan fingerprint density at radius 2 is 1.94 bits per heavy atom. The number of hydrogen-bond acceptors (Lipinski definition) is 2. The van der Waals surface area contributed by atoms with Crippen LogP contribution >= 0.6 is 0 Å². The first kappa shape index (κ1) is 12.8. The summed E-state index contributed by atoms with van der Waals surface area (Å²) in [6, 6.07) is 14.4. The molecule has 1 atom stereocenters. The van der Waals surface area contributed by atoms with E-state index in [-0.39, 0.29) is 0 Å². The monoisotopic (exact) mass is 242 g/mol. The summed E-state index contributed by atoms with van der Waals surface area (Å²) >= 11 is 0. The predicted octanol–water partition coefficient (Wildman–Crippen LogP) is 2.95. The van der Waals surface area contributed by atoms with Gasteiger partial charge in [-0.25, -0.2) is 0 Å². The molecule has 0 aliphatic rings. The normalized spacial score (nSPS) is 12.5. The molecule has 0 bridgehead atoms. The van der Waals surface area contributed by atoms with Crippen LogP contribution in [0.1, 0.15) is 5.56 Å². The molecule has 1 N–H and O–H groups in total. The topological polar surface area (TPSA) is 29.5 Å². The van der Waals surface area contributed by atoms with Gasteiger partial charge in [0, 0.05) is 6.42 Å². The molecular formula is C16H18O2. The molecule has 0 aliphatic heterocycles. The fourth-order valence-corrected chi connectivity index (χ4v) is 2.07. The third kappa shape index (κ3) is 3.19. The number of fused-ring (bicyclic) bond motifs is 1. The zero-order valence-corrected chi connectivity index (χ0v) is 10.4. The van der Waals surface area contributed by atoms with Crippen LogP contribution in [-0.4, -0.2) is 24.4 Å². The number of aliphatic hydroxyl groups is 1. The second kappa shape index (κ2) is 6.34. The molecule has 0 aromatic heterocycles. The van der Waals surface area contributed by atoms with Gasteiger partial charge in [0.05, 0.1) is 19.3 Å². The van der Waals surface area contributed by atoms with Crippen LogP contribution in [0.15, 0.2) is 55.1 Å². The molecule has 2 rings (SSSR count). The van der Waals surface area contributed by atoms with Gasteiger partial charge in [0.25, 0.3) is 0 Å². The summed E-state index contributed by atoms with van der Waals surface area (Å²) in [5.41, 5.74) is 1.16. The van der Waals surface area contributed by atoms with Crippen LogP contribution in [0.3, 0.4) is 0 Å². The molecule has 0 saturated heterocycles. The van der Waals surface area contributed by atoms with Crippen molar-refractivity contribution in [3.63, 3.8) is 0 Å². The van der Waals surface area contributed by atoms with E-state index in [0.717, 1.165) is 5.56 Å². The van der Waals surface area contributed by atoms with Crippen LogP contribution in [0.5, 0.6) is 0 Å². The van der Waals surface area contributed by atoms with Gasteiger partial charge in [-0.15, -0.1) is 6.58 Å². The molecule has 0 spiro atoms. The highest BCUT2D eigenvalue weighted by molar-refractivity contribution is 5.85. The molecule has 2 aromatic rings. The minimum Gasteiger partial charge on any atom is -0.390 e. The van der Waals surface area contributed by atoms with Gasteiger partial charge in [-0.1, -0.05) is 48.5 Å². The van der Waals surface area contributed by atoms with E-state index in [9.17, 15) is 5.11 Å². The maximum atomic E-state index is 9.93. The zero-order valence-electron chi connectivity index (χ0n) is 10.4. The van der Waals surface area contributed by atoms with Gasteiger partial charge < -0.3 is 9.84 Å². The van der Waals surface area contributed by atoms with Gasteiger partial charge >= 0.3 is 0 Å². The first-order chi connectivity index (χ1) is 8.81. The maximum Gasteiger partial charge on any atom is 0.0814 e. The van der Waals surface area contributed by atoms with E-state index in [4.69, 9.17) is 4.74 Å². The lowest BCUT2D eigenvalue weighted by Gasteiger charge is -2.12. The highest BCUT2D eigenvalue weighted by Crippen LogP contribution is 2.19. The lowest BCUT2D eigenvalue weighted by Crippen LogP contribution is -2.18. The van der Waals surface area contributed by atoms with E-state index in [1.165, 1.54) is 10.8 Å². The van der Waals surface area contributed by atoms with E-state index in [1.807, 2.05) is 18.2 Å². The van der Waals surface area contributed by atoms with Crippen molar-refractivity contribution in [1.29, 1.82) is 0 Å². The summed E-state index contributed by atoms with van der Waals surface area (Å²) < 4.78 is 5.26. The lowest BCUT2D eigenvalue weighted by atomic mass is 10.0. The Kier molecular flexibility index (Phi) is 4.51. The van der Waals surface area contributed by atoms with Crippen LogP contribution in [0, 0.1) is 0 Å². The molecule has 0 radical (unpaired) electrons. The molecule has 2 nitrogen and oxygen atoms in total. The SMILES string of the molecule is C=CCOCC(O)Cc1cccc2ccccc12. The molecule has 0 fully saturated rings. The quantitative estimate of drug-likeness (QED) is 0.623. The Balaban J connectivity index is 2.09. The summed E-state index contributed by atoms with van der Waals surface area (Å²) in [6.45, 7) is 4.40. The van der Waals surface area contributed by atoms with Crippen molar-refractivity contribution in [2.24, 2.45) is 0 Å². The van der Waals surface area contributed by atoms with E-state index in [2.05, 4.69) is 30.8 Å². The smallest absolute Gasteiger partial charge is 0.0814 e. The predicted molar refractivity (Wildman–Crippen MR) is 74.7 cm³/mol. The average molecular weight is 242 g/mol.